The van der Waals surface area contributed by atoms with Crippen molar-refractivity contribution < 1.29 is 9.53 Å². The second-order valence-electron chi connectivity index (χ2n) is 7.49. The molecule has 0 aliphatic rings. The highest BCUT2D eigenvalue weighted by Crippen LogP contribution is 2.38. The molecule has 0 bridgehead atoms. The molecule has 3 aromatic rings. The van der Waals surface area contributed by atoms with Gasteiger partial charge in [-0.3, -0.25) is 4.98 Å². The molecule has 0 saturated heterocycles. The quantitative estimate of drug-likeness (QED) is 0.706. The maximum atomic E-state index is 10.4. The Morgan fingerprint density at radius 1 is 0.846 bits per heavy atom. The zero-order valence-corrected chi connectivity index (χ0v) is 16.6. The van der Waals surface area contributed by atoms with Crippen molar-refractivity contribution in [1.82, 2.24) is 4.98 Å². The fraction of sp³-hybridized carbons (Fsp3) is 0.227. The SMILES string of the molecule is CC(C)(C)C(O[SiH](c1ccccc1)c1ccccc1)c1ncccc1O. The van der Waals surface area contributed by atoms with E-state index in [1.54, 1.807) is 18.3 Å². The summed E-state index contributed by atoms with van der Waals surface area (Å²) in [5.41, 5.74) is 0.394. The van der Waals surface area contributed by atoms with Gasteiger partial charge in [-0.2, -0.15) is 0 Å². The zero-order chi connectivity index (χ0) is 18.6. The van der Waals surface area contributed by atoms with Crippen molar-refractivity contribution in [2.24, 2.45) is 5.41 Å². The van der Waals surface area contributed by atoms with Crippen molar-refractivity contribution in [3.05, 3.63) is 84.7 Å². The molecule has 3 rings (SSSR count). The first-order valence-electron chi connectivity index (χ1n) is 8.86. The lowest BCUT2D eigenvalue weighted by Gasteiger charge is -2.34. The average molecular weight is 364 g/mol. The molecule has 4 heteroatoms. The van der Waals surface area contributed by atoms with Crippen molar-refractivity contribution in [1.29, 1.82) is 0 Å². The fourth-order valence-corrected chi connectivity index (χ4v) is 5.68. The minimum Gasteiger partial charge on any atom is -0.506 e. The maximum absolute atomic E-state index is 10.4. The van der Waals surface area contributed by atoms with Gasteiger partial charge in [-0.15, -0.1) is 0 Å². The molecule has 3 nitrogen and oxygen atoms in total. The van der Waals surface area contributed by atoms with Gasteiger partial charge in [0.25, 0.3) is 0 Å². The van der Waals surface area contributed by atoms with Gasteiger partial charge >= 0.3 is 0 Å². The molecule has 134 valence electrons. The van der Waals surface area contributed by atoms with Crippen LogP contribution in [0.4, 0.5) is 0 Å². The van der Waals surface area contributed by atoms with Gasteiger partial charge in [0, 0.05) is 6.20 Å². The fourth-order valence-electron chi connectivity index (χ4n) is 3.03. The van der Waals surface area contributed by atoms with Crippen molar-refractivity contribution in [2.75, 3.05) is 0 Å². The van der Waals surface area contributed by atoms with E-state index in [1.165, 1.54) is 10.4 Å². The summed E-state index contributed by atoms with van der Waals surface area (Å²) in [6.07, 6.45) is 1.40. The van der Waals surface area contributed by atoms with Crippen LogP contribution in [0.3, 0.4) is 0 Å². The van der Waals surface area contributed by atoms with Crippen LogP contribution < -0.4 is 10.4 Å². The summed E-state index contributed by atoms with van der Waals surface area (Å²) in [5.74, 6) is 0.182. The smallest absolute Gasteiger partial charge is 0.240 e. The molecule has 0 aliphatic carbocycles. The van der Waals surface area contributed by atoms with Gasteiger partial charge in [-0.25, -0.2) is 0 Å². The highest BCUT2D eigenvalue weighted by molar-refractivity contribution is 6.80. The van der Waals surface area contributed by atoms with E-state index in [-0.39, 0.29) is 17.3 Å². The highest BCUT2D eigenvalue weighted by Gasteiger charge is 2.34. The minimum atomic E-state index is -1.95. The highest BCUT2D eigenvalue weighted by atomic mass is 28.3. The van der Waals surface area contributed by atoms with E-state index in [2.05, 4.69) is 50.0 Å². The van der Waals surface area contributed by atoms with Crippen LogP contribution in [-0.2, 0) is 4.43 Å². The summed E-state index contributed by atoms with van der Waals surface area (Å²) in [5, 5.41) is 12.8. The molecule has 26 heavy (non-hydrogen) atoms. The molecular weight excluding hydrogens is 338 g/mol. The normalized spacial score (nSPS) is 12.9. The maximum Gasteiger partial charge on any atom is 0.240 e. The van der Waals surface area contributed by atoms with Gasteiger partial charge in [0.1, 0.15) is 11.4 Å². The largest absolute Gasteiger partial charge is 0.506 e. The number of benzene rings is 2. The summed E-state index contributed by atoms with van der Waals surface area (Å²) in [6.45, 7) is 6.35. The first-order chi connectivity index (χ1) is 12.5. The number of hydrogen-bond acceptors (Lipinski definition) is 3. The summed E-state index contributed by atoms with van der Waals surface area (Å²) < 4.78 is 6.77. The van der Waals surface area contributed by atoms with E-state index in [0.29, 0.717) is 5.69 Å². The molecule has 1 unspecified atom stereocenters. The molecule has 0 aliphatic heterocycles. The van der Waals surface area contributed by atoms with Crippen LogP contribution in [0.25, 0.3) is 0 Å². The van der Waals surface area contributed by atoms with Gasteiger partial charge in [-0.05, 0) is 27.9 Å². The first-order valence-corrected chi connectivity index (χ1v) is 10.5. The number of rotatable bonds is 5. The molecule has 0 saturated carbocycles. The zero-order valence-electron chi connectivity index (χ0n) is 15.5. The predicted molar refractivity (Wildman–Crippen MR) is 108 cm³/mol. The van der Waals surface area contributed by atoms with E-state index >= 15 is 0 Å². The molecule has 2 aromatic carbocycles. The average Bonchev–Trinajstić information content (AvgIpc) is 2.64. The Balaban J connectivity index is 2.05. The van der Waals surface area contributed by atoms with Crippen LogP contribution in [0.1, 0.15) is 32.6 Å². The van der Waals surface area contributed by atoms with Crippen LogP contribution in [0, 0.1) is 5.41 Å². The second kappa shape index (κ2) is 7.85. The van der Waals surface area contributed by atoms with Crippen molar-refractivity contribution in [2.45, 2.75) is 26.9 Å². The van der Waals surface area contributed by atoms with Gasteiger partial charge in [0.05, 0.1) is 6.10 Å². The van der Waals surface area contributed by atoms with Crippen molar-refractivity contribution in [3.63, 3.8) is 0 Å². The van der Waals surface area contributed by atoms with Crippen LogP contribution in [0.2, 0.25) is 0 Å². The number of nitrogens with zero attached hydrogens (tertiary/aromatic N) is 1. The lowest BCUT2D eigenvalue weighted by Crippen LogP contribution is -2.47. The molecule has 1 N–H and O–H groups in total. The van der Waals surface area contributed by atoms with Crippen LogP contribution in [-0.4, -0.2) is 19.1 Å². The Morgan fingerprint density at radius 3 is 1.85 bits per heavy atom. The monoisotopic (exact) mass is 363 g/mol. The number of hydrogen-bond donors (Lipinski definition) is 1. The molecule has 0 spiro atoms. The second-order valence-corrected chi connectivity index (χ2v) is 9.86. The molecule has 0 fully saturated rings. The van der Waals surface area contributed by atoms with E-state index < -0.39 is 9.04 Å². The van der Waals surface area contributed by atoms with Crippen LogP contribution in [0.15, 0.2) is 79.0 Å². The molecule has 0 amide bonds. The van der Waals surface area contributed by atoms with E-state index in [4.69, 9.17) is 4.43 Å². The molecule has 0 radical (unpaired) electrons. The van der Waals surface area contributed by atoms with Crippen molar-refractivity contribution >= 4 is 19.4 Å². The Bertz CT molecular complexity index is 792. The van der Waals surface area contributed by atoms with Crippen LogP contribution >= 0.6 is 0 Å². The Kier molecular flexibility index (Phi) is 5.54. The van der Waals surface area contributed by atoms with Gasteiger partial charge in [0.15, 0.2) is 0 Å². The standard InChI is InChI=1S/C22H25NO2Si/c1-22(2,3)21(20-19(24)15-10-16-23-20)25-26(17-11-6-4-7-12-17)18-13-8-5-9-14-18/h4-16,21,24,26H,1-3H3. The van der Waals surface area contributed by atoms with E-state index in [1.807, 2.05) is 36.4 Å². The number of aromatic nitrogens is 1. The van der Waals surface area contributed by atoms with Gasteiger partial charge in [0.2, 0.25) is 9.04 Å². The van der Waals surface area contributed by atoms with Crippen LogP contribution in [0.5, 0.6) is 5.75 Å². The summed E-state index contributed by atoms with van der Waals surface area (Å²) >= 11 is 0. The summed E-state index contributed by atoms with van der Waals surface area (Å²) in [6, 6.07) is 24.1. The van der Waals surface area contributed by atoms with Gasteiger partial charge < -0.3 is 9.53 Å². The molecule has 1 heterocycles. The minimum absolute atomic E-state index is 0.182. The van der Waals surface area contributed by atoms with Crippen molar-refractivity contribution in [3.8, 4) is 5.75 Å². The third-order valence-corrected chi connectivity index (χ3v) is 6.85. The lowest BCUT2D eigenvalue weighted by molar-refractivity contribution is 0.0831. The molecule has 1 aromatic heterocycles. The third kappa shape index (κ3) is 4.21. The van der Waals surface area contributed by atoms with E-state index in [9.17, 15) is 5.11 Å². The lowest BCUT2D eigenvalue weighted by atomic mass is 9.87. The summed E-state index contributed by atoms with van der Waals surface area (Å²) in [4.78, 5) is 4.43. The number of aromatic hydroxyl groups is 1. The topological polar surface area (TPSA) is 42.4 Å². The van der Waals surface area contributed by atoms with E-state index in [0.717, 1.165) is 0 Å². The first kappa shape index (κ1) is 18.4. The van der Waals surface area contributed by atoms with Gasteiger partial charge in [-0.1, -0.05) is 81.4 Å². The summed E-state index contributed by atoms with van der Waals surface area (Å²) in [7, 11) is -1.95. The Morgan fingerprint density at radius 2 is 1.38 bits per heavy atom. The molecular formula is C22H25NO2Si. The Labute approximate surface area is 157 Å². The Hall–Kier alpha value is -2.43. The molecule has 1 atom stereocenters. The predicted octanol–water partition coefficient (Wildman–Crippen LogP) is 3.43. The number of pyridine rings is 1. The third-order valence-electron chi connectivity index (χ3n) is 4.33.